The van der Waals surface area contributed by atoms with Crippen LogP contribution in [-0.4, -0.2) is 38.0 Å². The maximum absolute atomic E-state index is 6.09. The number of anilines is 2. The Morgan fingerprint density at radius 3 is 2.89 bits per heavy atom. The third-order valence-corrected chi connectivity index (χ3v) is 5.47. The first-order chi connectivity index (χ1) is 13.3. The zero-order valence-electron chi connectivity index (χ0n) is 14.5. The van der Waals surface area contributed by atoms with Gasteiger partial charge in [-0.2, -0.15) is 0 Å². The van der Waals surface area contributed by atoms with Gasteiger partial charge in [0.15, 0.2) is 16.8 Å². The minimum atomic E-state index is 0. The van der Waals surface area contributed by atoms with Crippen molar-refractivity contribution in [1.29, 1.82) is 0 Å². The minimum Gasteiger partial charge on any atom is -0.382 e. The van der Waals surface area contributed by atoms with Crippen molar-refractivity contribution < 1.29 is 4.28 Å². The molecule has 8 heteroatoms. The van der Waals surface area contributed by atoms with Crippen LogP contribution in [0.5, 0.6) is 0 Å². The molecule has 1 aliphatic rings. The van der Waals surface area contributed by atoms with Crippen LogP contribution in [0, 0.1) is 0 Å². The van der Waals surface area contributed by atoms with Crippen molar-refractivity contribution in [1.82, 2.24) is 24.9 Å². The molecule has 0 atom stereocenters. The molecular weight excluding hydrogens is 358 g/mol. The van der Waals surface area contributed by atoms with E-state index < -0.39 is 0 Å². The van der Waals surface area contributed by atoms with Crippen LogP contribution in [0.3, 0.4) is 0 Å². The predicted octanol–water partition coefficient (Wildman–Crippen LogP) is 4.09. The highest BCUT2D eigenvalue weighted by Gasteiger charge is 2.18. The van der Waals surface area contributed by atoms with E-state index in [1.807, 2.05) is 35.8 Å². The van der Waals surface area contributed by atoms with E-state index in [2.05, 4.69) is 30.9 Å². The number of nitrogens with one attached hydrogen (secondary N) is 1. The predicted molar refractivity (Wildman–Crippen MR) is 115 cm³/mol. The first kappa shape index (κ1) is 16.0. The van der Waals surface area contributed by atoms with E-state index in [4.69, 9.17) is 10.7 Å². The number of H-pyrrole nitrogens is 1. The standard InChI is InChI=1S/C19H17N7S.3H2/c20-17-16(18-24-13-3-1-2-4-14(13)25-18)23-15(11-22-17)12-5-8-26(9-6-12)19-21-7-10-27-19;;;/h1-5,7,10-11H,6,8-9H2,(H2,20,22)(H,24,25);3*1H. The maximum atomic E-state index is 6.09. The van der Waals surface area contributed by atoms with Crippen LogP contribution in [-0.2, 0) is 0 Å². The molecule has 0 fully saturated rings. The Morgan fingerprint density at radius 1 is 1.19 bits per heavy atom. The van der Waals surface area contributed by atoms with E-state index in [9.17, 15) is 0 Å². The second-order valence-electron chi connectivity index (χ2n) is 6.33. The largest absolute Gasteiger partial charge is 0.382 e. The van der Waals surface area contributed by atoms with Gasteiger partial charge in [-0.25, -0.2) is 19.9 Å². The number of nitrogens with two attached hydrogens (primary N) is 1. The molecule has 27 heavy (non-hydrogen) atoms. The first-order valence-corrected chi connectivity index (χ1v) is 9.57. The average Bonchev–Trinajstić information content (AvgIpc) is 3.38. The molecule has 4 heterocycles. The van der Waals surface area contributed by atoms with Crippen LogP contribution in [0.2, 0.25) is 0 Å². The first-order valence-electron chi connectivity index (χ1n) is 8.69. The number of aromatic nitrogens is 5. The quantitative estimate of drug-likeness (QED) is 0.555. The fourth-order valence-electron chi connectivity index (χ4n) is 3.24. The molecule has 5 rings (SSSR count). The highest BCUT2D eigenvalue weighted by atomic mass is 32.1. The van der Waals surface area contributed by atoms with Gasteiger partial charge in [-0.15, -0.1) is 11.3 Å². The lowest BCUT2D eigenvalue weighted by molar-refractivity contribution is 0.824. The van der Waals surface area contributed by atoms with Crippen LogP contribution in [0.25, 0.3) is 28.1 Å². The van der Waals surface area contributed by atoms with Crippen molar-refractivity contribution in [2.24, 2.45) is 0 Å². The summed E-state index contributed by atoms with van der Waals surface area (Å²) in [5.74, 6) is 1.02. The molecule has 3 N–H and O–H groups in total. The molecule has 4 aromatic rings. The molecular formula is C19H23N7S. The van der Waals surface area contributed by atoms with Crippen molar-refractivity contribution in [2.45, 2.75) is 6.42 Å². The molecule has 0 amide bonds. The average molecular weight is 382 g/mol. The molecule has 0 bridgehead atoms. The van der Waals surface area contributed by atoms with Gasteiger partial charge >= 0.3 is 0 Å². The van der Waals surface area contributed by atoms with Crippen molar-refractivity contribution in [2.75, 3.05) is 23.7 Å². The number of para-hydroxylation sites is 2. The normalized spacial score (nSPS) is 14.5. The molecule has 140 valence electrons. The Bertz CT molecular complexity index is 1110. The van der Waals surface area contributed by atoms with Crippen LogP contribution in [0.4, 0.5) is 10.9 Å². The van der Waals surface area contributed by atoms with Crippen molar-refractivity contribution in [3.8, 4) is 11.5 Å². The smallest absolute Gasteiger partial charge is 0.185 e. The lowest BCUT2D eigenvalue weighted by atomic mass is 10.1. The summed E-state index contributed by atoms with van der Waals surface area (Å²) >= 11 is 1.66. The zero-order chi connectivity index (χ0) is 18.2. The van der Waals surface area contributed by atoms with Gasteiger partial charge in [0, 0.05) is 28.9 Å². The zero-order valence-corrected chi connectivity index (χ0v) is 15.3. The van der Waals surface area contributed by atoms with Crippen LogP contribution >= 0.6 is 11.3 Å². The molecule has 0 saturated carbocycles. The number of hydrogen-bond acceptors (Lipinski definition) is 7. The Morgan fingerprint density at radius 2 is 2.11 bits per heavy atom. The number of nitrogens with zero attached hydrogens (tertiary/aromatic N) is 5. The maximum Gasteiger partial charge on any atom is 0.185 e. The van der Waals surface area contributed by atoms with Crippen LogP contribution < -0.4 is 10.6 Å². The van der Waals surface area contributed by atoms with Crippen LogP contribution in [0.15, 0.2) is 48.1 Å². The summed E-state index contributed by atoms with van der Waals surface area (Å²) in [7, 11) is 0. The summed E-state index contributed by atoms with van der Waals surface area (Å²) in [5, 5.41) is 3.05. The summed E-state index contributed by atoms with van der Waals surface area (Å²) in [4.78, 5) is 23.7. The summed E-state index contributed by atoms with van der Waals surface area (Å²) in [5.41, 5.74) is 10.5. The third kappa shape index (κ3) is 2.93. The number of nitrogen functional groups attached to an aromatic ring is 1. The van der Waals surface area contributed by atoms with Crippen molar-refractivity contribution >= 4 is 38.9 Å². The fraction of sp³-hybridized carbons (Fsp3) is 0.158. The monoisotopic (exact) mass is 381 g/mol. The summed E-state index contributed by atoms with van der Waals surface area (Å²) in [6.45, 7) is 1.72. The Kier molecular flexibility index (Phi) is 3.83. The van der Waals surface area contributed by atoms with Gasteiger partial charge in [-0.05, 0) is 24.1 Å². The van der Waals surface area contributed by atoms with E-state index in [0.29, 0.717) is 17.3 Å². The SMILES string of the molecule is Nc1ncc(C2=CCN(c3nccs3)CC2)nc1-c1nc2ccccc2[nH]1.[HH].[HH].[HH]. The van der Waals surface area contributed by atoms with Gasteiger partial charge in [0.05, 0.1) is 22.9 Å². The highest BCUT2D eigenvalue weighted by molar-refractivity contribution is 7.13. The Labute approximate surface area is 164 Å². The van der Waals surface area contributed by atoms with E-state index in [1.54, 1.807) is 17.5 Å². The van der Waals surface area contributed by atoms with Crippen LogP contribution in [0.1, 0.15) is 16.4 Å². The van der Waals surface area contributed by atoms with Gasteiger partial charge in [0.25, 0.3) is 0 Å². The second-order valence-corrected chi connectivity index (χ2v) is 7.20. The van der Waals surface area contributed by atoms with Gasteiger partial charge in [-0.3, -0.25) is 0 Å². The molecule has 0 unspecified atom stereocenters. The number of rotatable bonds is 3. The molecule has 0 aliphatic carbocycles. The molecule has 7 nitrogen and oxygen atoms in total. The topological polar surface area (TPSA) is 96.6 Å². The van der Waals surface area contributed by atoms with Gasteiger partial charge in [-0.1, -0.05) is 18.2 Å². The fourth-order valence-corrected chi connectivity index (χ4v) is 3.92. The number of imidazole rings is 1. The molecule has 3 aromatic heterocycles. The number of thiazole rings is 1. The van der Waals surface area contributed by atoms with E-state index in [-0.39, 0.29) is 4.28 Å². The van der Waals surface area contributed by atoms with Crippen molar-refractivity contribution in [3.63, 3.8) is 0 Å². The highest BCUT2D eigenvalue weighted by Crippen LogP contribution is 2.28. The number of benzene rings is 1. The molecule has 0 saturated heterocycles. The number of fused-ring (bicyclic) bond motifs is 1. The second kappa shape index (κ2) is 6.48. The summed E-state index contributed by atoms with van der Waals surface area (Å²) < 4.78 is 0. The lowest BCUT2D eigenvalue weighted by Gasteiger charge is -2.25. The van der Waals surface area contributed by atoms with E-state index in [0.717, 1.165) is 41.4 Å². The number of aromatic amines is 1. The summed E-state index contributed by atoms with van der Waals surface area (Å²) in [6.07, 6.45) is 6.65. The van der Waals surface area contributed by atoms with Gasteiger partial charge in [0.1, 0.15) is 5.69 Å². The van der Waals surface area contributed by atoms with E-state index >= 15 is 0 Å². The summed E-state index contributed by atoms with van der Waals surface area (Å²) in [6, 6.07) is 7.87. The van der Waals surface area contributed by atoms with Gasteiger partial charge < -0.3 is 15.6 Å². The molecule has 1 aromatic carbocycles. The van der Waals surface area contributed by atoms with Gasteiger partial charge in [0.2, 0.25) is 0 Å². The Balaban J connectivity index is 0.00000107. The lowest BCUT2D eigenvalue weighted by Crippen LogP contribution is -2.28. The molecule has 0 spiro atoms. The minimum absolute atomic E-state index is 0. The Hall–Kier alpha value is -3.26. The molecule has 0 radical (unpaired) electrons. The van der Waals surface area contributed by atoms with Crippen molar-refractivity contribution in [3.05, 3.63) is 53.8 Å². The number of hydrogen-bond donors (Lipinski definition) is 2. The third-order valence-electron chi connectivity index (χ3n) is 4.64. The van der Waals surface area contributed by atoms with E-state index in [1.165, 1.54) is 5.57 Å². The molecule has 1 aliphatic heterocycles.